The Hall–Kier alpha value is -2.33. The number of nitrogens with zero attached hydrogens (tertiary/aromatic N) is 1. The number of carbonyl (C=O) groups excluding carboxylic acids is 1. The normalized spacial score (nSPS) is 12.0. The van der Waals surface area contributed by atoms with Crippen molar-refractivity contribution in [1.29, 1.82) is 0 Å². The average molecular weight is 341 g/mol. The van der Waals surface area contributed by atoms with E-state index in [-0.39, 0.29) is 19.1 Å². The number of hydrogen-bond acceptors (Lipinski definition) is 3. The first kappa shape index (κ1) is 19.0. The van der Waals surface area contributed by atoms with Gasteiger partial charge >= 0.3 is 0 Å². The quantitative estimate of drug-likeness (QED) is 0.798. The molecule has 1 N–H and O–H groups in total. The predicted molar refractivity (Wildman–Crippen MR) is 99.6 cm³/mol. The van der Waals surface area contributed by atoms with Gasteiger partial charge in [0.15, 0.2) is 6.10 Å². The lowest BCUT2D eigenvalue weighted by Gasteiger charge is -2.26. The van der Waals surface area contributed by atoms with Gasteiger partial charge < -0.3 is 14.7 Å². The van der Waals surface area contributed by atoms with Crippen molar-refractivity contribution in [2.45, 2.75) is 39.3 Å². The van der Waals surface area contributed by atoms with Crippen LogP contribution in [0.2, 0.25) is 0 Å². The Morgan fingerprint density at radius 2 is 1.68 bits per heavy atom. The lowest BCUT2D eigenvalue weighted by Crippen LogP contribution is -2.41. The van der Waals surface area contributed by atoms with E-state index in [4.69, 9.17) is 4.74 Å². The zero-order valence-corrected chi connectivity index (χ0v) is 15.2. The molecular weight excluding hydrogens is 314 g/mol. The van der Waals surface area contributed by atoms with E-state index in [0.29, 0.717) is 12.5 Å². The second-order valence-electron chi connectivity index (χ2n) is 6.42. The number of para-hydroxylation sites is 1. The molecular formula is C21H27NO3. The molecule has 0 aliphatic carbocycles. The maximum absolute atomic E-state index is 12.8. The van der Waals surface area contributed by atoms with Gasteiger partial charge in [-0.25, -0.2) is 0 Å². The van der Waals surface area contributed by atoms with E-state index >= 15 is 0 Å². The third-order valence-corrected chi connectivity index (χ3v) is 4.09. The first-order chi connectivity index (χ1) is 12.0. The van der Waals surface area contributed by atoms with Crippen LogP contribution in [0.1, 0.15) is 37.8 Å². The lowest BCUT2D eigenvalue weighted by atomic mass is 10.0. The molecule has 4 heteroatoms. The van der Waals surface area contributed by atoms with Crippen molar-refractivity contribution in [1.82, 2.24) is 4.90 Å². The van der Waals surface area contributed by atoms with Gasteiger partial charge in [-0.05, 0) is 30.0 Å². The van der Waals surface area contributed by atoms with E-state index in [0.717, 1.165) is 16.9 Å². The third-order valence-electron chi connectivity index (χ3n) is 4.09. The molecule has 0 spiro atoms. The molecule has 1 unspecified atom stereocenters. The Balaban J connectivity index is 2.10. The zero-order chi connectivity index (χ0) is 18.2. The van der Waals surface area contributed by atoms with Crippen molar-refractivity contribution >= 4 is 5.91 Å². The summed E-state index contributed by atoms with van der Waals surface area (Å²) in [6.07, 6.45) is -0.616. The molecule has 4 nitrogen and oxygen atoms in total. The van der Waals surface area contributed by atoms with Crippen LogP contribution in [-0.2, 0) is 11.3 Å². The van der Waals surface area contributed by atoms with Crippen LogP contribution in [0.4, 0.5) is 0 Å². The highest BCUT2D eigenvalue weighted by Gasteiger charge is 2.23. The molecule has 134 valence electrons. The summed E-state index contributed by atoms with van der Waals surface area (Å²) in [5, 5.41) is 9.32. The van der Waals surface area contributed by atoms with E-state index < -0.39 is 6.10 Å². The molecule has 0 saturated heterocycles. The molecule has 25 heavy (non-hydrogen) atoms. The van der Waals surface area contributed by atoms with Crippen molar-refractivity contribution in [3.63, 3.8) is 0 Å². The highest BCUT2D eigenvalue weighted by atomic mass is 16.5. The van der Waals surface area contributed by atoms with E-state index in [9.17, 15) is 9.90 Å². The molecule has 0 aliphatic rings. The molecule has 0 aliphatic heterocycles. The molecule has 2 aromatic carbocycles. The second-order valence-corrected chi connectivity index (χ2v) is 6.42. The van der Waals surface area contributed by atoms with Gasteiger partial charge in [0.2, 0.25) is 0 Å². The lowest BCUT2D eigenvalue weighted by molar-refractivity contribution is -0.139. The Morgan fingerprint density at radius 3 is 2.32 bits per heavy atom. The van der Waals surface area contributed by atoms with E-state index in [1.54, 1.807) is 11.8 Å². The molecule has 2 aromatic rings. The Labute approximate surface area is 150 Å². The topological polar surface area (TPSA) is 49.8 Å². The van der Waals surface area contributed by atoms with Gasteiger partial charge in [-0.3, -0.25) is 4.79 Å². The summed E-state index contributed by atoms with van der Waals surface area (Å²) < 4.78 is 5.96. The number of rotatable bonds is 8. The van der Waals surface area contributed by atoms with Gasteiger partial charge in [0.1, 0.15) is 5.75 Å². The summed E-state index contributed by atoms with van der Waals surface area (Å²) in [7, 11) is 0. The van der Waals surface area contributed by atoms with E-state index in [1.165, 1.54) is 0 Å². The number of carbonyl (C=O) groups is 1. The maximum atomic E-state index is 12.8. The summed E-state index contributed by atoms with van der Waals surface area (Å²) in [5.41, 5.74) is 2.11. The summed E-state index contributed by atoms with van der Waals surface area (Å²) in [5.74, 6) is 0.926. The predicted octanol–water partition coefficient (Wildman–Crippen LogP) is 3.60. The van der Waals surface area contributed by atoms with Gasteiger partial charge in [-0.2, -0.15) is 0 Å². The fraction of sp³-hybridized carbons (Fsp3) is 0.381. The van der Waals surface area contributed by atoms with Crippen LogP contribution in [0, 0.1) is 0 Å². The standard InChI is InChI=1S/C21H27NO3/c1-16(2)19-11-7-8-12-20(19)25-17(3)21(24)22(13-14-23)15-18-9-5-4-6-10-18/h4-12,16-17,23H,13-15H2,1-3H3. The Morgan fingerprint density at radius 1 is 1.04 bits per heavy atom. The average Bonchev–Trinajstić information content (AvgIpc) is 2.62. The largest absolute Gasteiger partial charge is 0.481 e. The van der Waals surface area contributed by atoms with Gasteiger partial charge in [-0.15, -0.1) is 0 Å². The molecule has 1 atom stereocenters. The maximum Gasteiger partial charge on any atom is 0.263 e. The molecule has 0 saturated carbocycles. The van der Waals surface area contributed by atoms with Crippen LogP contribution >= 0.6 is 0 Å². The smallest absolute Gasteiger partial charge is 0.263 e. The monoisotopic (exact) mass is 341 g/mol. The van der Waals surface area contributed by atoms with Crippen LogP contribution in [-0.4, -0.2) is 35.2 Å². The van der Waals surface area contributed by atoms with Gasteiger partial charge in [-0.1, -0.05) is 62.4 Å². The Kier molecular flexibility index (Phi) is 7.02. The zero-order valence-electron chi connectivity index (χ0n) is 15.2. The molecule has 0 heterocycles. The Bertz CT molecular complexity index is 670. The fourth-order valence-electron chi connectivity index (χ4n) is 2.75. The van der Waals surface area contributed by atoms with Crippen molar-refractivity contribution in [2.75, 3.05) is 13.2 Å². The number of aliphatic hydroxyl groups excluding tert-OH is 1. The second kappa shape index (κ2) is 9.23. The number of benzene rings is 2. The molecule has 0 aromatic heterocycles. The molecule has 2 rings (SSSR count). The SMILES string of the molecule is CC(Oc1ccccc1C(C)C)C(=O)N(CCO)Cc1ccccc1. The third kappa shape index (κ3) is 5.33. The molecule has 0 fully saturated rings. The van der Waals surface area contributed by atoms with Crippen LogP contribution in [0.3, 0.4) is 0 Å². The van der Waals surface area contributed by atoms with Crippen LogP contribution < -0.4 is 4.74 Å². The molecule has 1 amide bonds. The van der Waals surface area contributed by atoms with Gasteiger partial charge in [0.25, 0.3) is 5.91 Å². The van der Waals surface area contributed by atoms with Gasteiger partial charge in [0.05, 0.1) is 6.61 Å². The molecule has 0 bridgehead atoms. The highest BCUT2D eigenvalue weighted by molar-refractivity contribution is 5.81. The summed E-state index contributed by atoms with van der Waals surface area (Å²) >= 11 is 0. The van der Waals surface area contributed by atoms with Crippen LogP contribution in [0.15, 0.2) is 54.6 Å². The number of amides is 1. The fourth-order valence-corrected chi connectivity index (χ4v) is 2.75. The van der Waals surface area contributed by atoms with Crippen LogP contribution in [0.5, 0.6) is 5.75 Å². The van der Waals surface area contributed by atoms with Gasteiger partial charge in [0, 0.05) is 13.1 Å². The van der Waals surface area contributed by atoms with E-state index in [1.807, 2.05) is 54.6 Å². The highest BCUT2D eigenvalue weighted by Crippen LogP contribution is 2.27. The van der Waals surface area contributed by atoms with Crippen molar-refractivity contribution in [3.05, 3.63) is 65.7 Å². The number of ether oxygens (including phenoxy) is 1. The first-order valence-electron chi connectivity index (χ1n) is 8.72. The summed E-state index contributed by atoms with van der Waals surface area (Å²) in [4.78, 5) is 14.4. The van der Waals surface area contributed by atoms with Crippen molar-refractivity contribution < 1.29 is 14.6 Å². The van der Waals surface area contributed by atoms with Crippen LogP contribution in [0.25, 0.3) is 0 Å². The van der Waals surface area contributed by atoms with E-state index in [2.05, 4.69) is 13.8 Å². The van der Waals surface area contributed by atoms with Crippen molar-refractivity contribution in [3.8, 4) is 5.75 Å². The molecule has 0 radical (unpaired) electrons. The first-order valence-corrected chi connectivity index (χ1v) is 8.72. The number of hydrogen-bond donors (Lipinski definition) is 1. The van der Waals surface area contributed by atoms with Crippen molar-refractivity contribution in [2.24, 2.45) is 0 Å². The minimum Gasteiger partial charge on any atom is -0.481 e. The summed E-state index contributed by atoms with van der Waals surface area (Å²) in [6, 6.07) is 17.6. The number of aliphatic hydroxyl groups is 1. The minimum atomic E-state index is -0.616. The summed E-state index contributed by atoms with van der Waals surface area (Å²) in [6.45, 7) is 6.62. The minimum absolute atomic E-state index is 0.0755.